The molecule has 0 fully saturated rings. The van der Waals surface area contributed by atoms with E-state index in [-0.39, 0.29) is 24.0 Å². The zero-order valence-corrected chi connectivity index (χ0v) is 7.20. The maximum Gasteiger partial charge on any atom is 0.0541 e. The summed E-state index contributed by atoms with van der Waals surface area (Å²) in [4.78, 5) is 0. The first-order valence-corrected chi connectivity index (χ1v) is 3.83. The molecule has 1 unspecified atom stereocenters. The summed E-state index contributed by atoms with van der Waals surface area (Å²) in [5, 5.41) is 18.3. The van der Waals surface area contributed by atoms with Gasteiger partial charge >= 0.3 is 0 Å². The molecule has 2 N–H and O–H groups in total. The van der Waals surface area contributed by atoms with Gasteiger partial charge in [0.1, 0.15) is 0 Å². The summed E-state index contributed by atoms with van der Waals surface area (Å²) in [6, 6.07) is 0. The topological polar surface area (TPSA) is 40.5 Å². The molecule has 0 aliphatic heterocycles. The summed E-state index contributed by atoms with van der Waals surface area (Å²) in [5.41, 5.74) is 0. The van der Waals surface area contributed by atoms with Gasteiger partial charge in [0, 0.05) is 0 Å². The fourth-order valence-electron chi connectivity index (χ4n) is 0.879. The fraction of sp³-hybridized carbons (Fsp3) is 1.00. The Kier molecular flexibility index (Phi) is 3.91. The first-order valence-electron chi connectivity index (χ1n) is 3.83. The highest BCUT2D eigenvalue weighted by molar-refractivity contribution is 4.70. The number of hydrogen-bond donors (Lipinski definition) is 2. The number of rotatable bonds is 3. The lowest BCUT2D eigenvalue weighted by molar-refractivity contribution is 0.0398. The molecule has 0 aliphatic rings. The predicted octanol–water partition coefficient (Wildman–Crippen LogP) is 1.02. The van der Waals surface area contributed by atoms with Crippen LogP contribution in [0.25, 0.3) is 0 Å². The first kappa shape index (κ1) is 9.92. The monoisotopic (exact) mass is 146 g/mol. The van der Waals surface area contributed by atoms with E-state index in [0.717, 1.165) is 0 Å². The molecule has 2 heteroatoms. The molecule has 0 saturated heterocycles. The lowest BCUT2D eigenvalue weighted by Crippen LogP contribution is -2.28. The molecule has 0 rings (SSSR count). The maximum atomic E-state index is 9.13. The third kappa shape index (κ3) is 2.67. The van der Waals surface area contributed by atoms with Crippen LogP contribution in [0.1, 0.15) is 27.7 Å². The van der Waals surface area contributed by atoms with Gasteiger partial charge in [-0.15, -0.1) is 0 Å². The molecular weight excluding hydrogens is 128 g/mol. The van der Waals surface area contributed by atoms with Gasteiger partial charge in [0.2, 0.25) is 0 Å². The molecule has 0 aliphatic carbocycles. The zero-order chi connectivity index (χ0) is 8.31. The lowest BCUT2D eigenvalue weighted by atomic mass is 9.88. The molecule has 10 heavy (non-hydrogen) atoms. The van der Waals surface area contributed by atoms with Crippen LogP contribution in [0.15, 0.2) is 0 Å². The molecule has 62 valence electrons. The third-order valence-corrected chi connectivity index (χ3v) is 2.35. The summed E-state index contributed by atoms with van der Waals surface area (Å²) in [6.07, 6.45) is -0.658. The Morgan fingerprint density at radius 2 is 0.900 bits per heavy atom. The van der Waals surface area contributed by atoms with E-state index in [1.54, 1.807) is 13.8 Å². The summed E-state index contributed by atoms with van der Waals surface area (Å²) in [7, 11) is 0. The Labute approximate surface area is 62.9 Å². The van der Waals surface area contributed by atoms with E-state index in [2.05, 4.69) is 0 Å². The van der Waals surface area contributed by atoms with Gasteiger partial charge in [0.25, 0.3) is 0 Å². The molecule has 0 radical (unpaired) electrons. The van der Waals surface area contributed by atoms with Gasteiger partial charge in [0.15, 0.2) is 0 Å². The highest BCUT2D eigenvalue weighted by atomic mass is 16.3. The van der Waals surface area contributed by atoms with Crippen LogP contribution >= 0.6 is 0 Å². The zero-order valence-electron chi connectivity index (χ0n) is 7.20. The second-order valence-electron chi connectivity index (χ2n) is 3.20. The summed E-state index contributed by atoms with van der Waals surface area (Å²) < 4.78 is 0. The van der Waals surface area contributed by atoms with Crippen molar-refractivity contribution in [2.75, 3.05) is 0 Å². The van der Waals surface area contributed by atoms with Gasteiger partial charge in [0.05, 0.1) is 12.2 Å². The summed E-state index contributed by atoms with van der Waals surface area (Å²) >= 11 is 0. The van der Waals surface area contributed by atoms with E-state index in [1.807, 2.05) is 13.8 Å². The molecule has 2 nitrogen and oxygen atoms in total. The fourth-order valence-corrected chi connectivity index (χ4v) is 0.879. The molecule has 0 bridgehead atoms. The predicted molar refractivity (Wildman–Crippen MR) is 41.7 cm³/mol. The van der Waals surface area contributed by atoms with Gasteiger partial charge in [-0.1, -0.05) is 13.8 Å². The largest absolute Gasteiger partial charge is 0.393 e. The van der Waals surface area contributed by atoms with Crippen molar-refractivity contribution in [2.24, 2.45) is 11.8 Å². The normalized spacial score (nSPS) is 23.4. The van der Waals surface area contributed by atoms with E-state index >= 15 is 0 Å². The molecule has 0 aromatic rings. The van der Waals surface area contributed by atoms with Crippen LogP contribution in [0.4, 0.5) is 0 Å². The van der Waals surface area contributed by atoms with E-state index in [9.17, 15) is 0 Å². The van der Waals surface area contributed by atoms with Gasteiger partial charge in [-0.25, -0.2) is 0 Å². The van der Waals surface area contributed by atoms with E-state index < -0.39 is 0 Å². The smallest absolute Gasteiger partial charge is 0.0541 e. The Balaban J connectivity index is 3.81. The van der Waals surface area contributed by atoms with Crippen LogP contribution in [0.5, 0.6) is 0 Å². The number of hydrogen-bond acceptors (Lipinski definition) is 2. The van der Waals surface area contributed by atoms with Crippen LogP contribution in [0.2, 0.25) is 0 Å². The molecule has 0 heterocycles. The van der Waals surface area contributed by atoms with Crippen LogP contribution in [-0.2, 0) is 0 Å². The number of aliphatic hydroxyl groups is 2. The van der Waals surface area contributed by atoms with Crippen molar-refractivity contribution in [1.82, 2.24) is 0 Å². The van der Waals surface area contributed by atoms with Crippen molar-refractivity contribution in [1.29, 1.82) is 0 Å². The van der Waals surface area contributed by atoms with E-state index in [0.29, 0.717) is 0 Å². The maximum absolute atomic E-state index is 9.13. The lowest BCUT2D eigenvalue weighted by Gasteiger charge is -2.24. The van der Waals surface area contributed by atoms with Crippen molar-refractivity contribution < 1.29 is 10.2 Å². The van der Waals surface area contributed by atoms with Crippen LogP contribution < -0.4 is 0 Å². The second-order valence-corrected chi connectivity index (χ2v) is 3.20. The van der Waals surface area contributed by atoms with E-state index in [4.69, 9.17) is 10.2 Å². The average molecular weight is 146 g/mol. The minimum atomic E-state index is -0.329. The molecule has 0 aromatic heterocycles. The first-order chi connectivity index (χ1) is 4.46. The Morgan fingerprint density at radius 3 is 1.00 bits per heavy atom. The molecule has 0 amide bonds. The van der Waals surface area contributed by atoms with Crippen molar-refractivity contribution in [3.8, 4) is 0 Å². The van der Waals surface area contributed by atoms with Crippen molar-refractivity contribution in [2.45, 2.75) is 39.9 Å². The highest BCUT2D eigenvalue weighted by Gasteiger charge is 2.20. The van der Waals surface area contributed by atoms with Gasteiger partial charge in [-0.05, 0) is 25.7 Å². The van der Waals surface area contributed by atoms with Gasteiger partial charge in [-0.3, -0.25) is 0 Å². The van der Waals surface area contributed by atoms with Gasteiger partial charge in [-0.2, -0.15) is 0 Å². The average Bonchev–Trinajstić information content (AvgIpc) is 1.84. The summed E-state index contributed by atoms with van der Waals surface area (Å²) in [5.74, 6) is 0.333. The van der Waals surface area contributed by atoms with Crippen molar-refractivity contribution in [3.05, 3.63) is 0 Å². The second kappa shape index (κ2) is 3.94. The molecule has 4 atom stereocenters. The minimum Gasteiger partial charge on any atom is -0.393 e. The minimum absolute atomic E-state index is 0.167. The van der Waals surface area contributed by atoms with Gasteiger partial charge < -0.3 is 10.2 Å². The highest BCUT2D eigenvalue weighted by Crippen LogP contribution is 2.18. The Bertz CT molecular complexity index is 77.3. The Hall–Kier alpha value is -0.0800. The number of aliphatic hydroxyl groups excluding tert-OH is 2. The van der Waals surface area contributed by atoms with Crippen LogP contribution in [0.3, 0.4) is 0 Å². The van der Waals surface area contributed by atoms with E-state index in [1.165, 1.54) is 0 Å². The molecule has 0 saturated carbocycles. The van der Waals surface area contributed by atoms with Crippen LogP contribution in [0, 0.1) is 11.8 Å². The SMILES string of the molecule is CC(O)[C@@H](C)[C@@H](C)[C@H](C)O. The summed E-state index contributed by atoms with van der Waals surface area (Å²) in [6.45, 7) is 7.40. The third-order valence-electron chi connectivity index (χ3n) is 2.35. The van der Waals surface area contributed by atoms with Crippen LogP contribution in [-0.4, -0.2) is 22.4 Å². The Morgan fingerprint density at radius 1 is 0.700 bits per heavy atom. The molecular formula is C8H18O2. The van der Waals surface area contributed by atoms with Crippen molar-refractivity contribution >= 4 is 0 Å². The quantitative estimate of drug-likeness (QED) is 0.624. The molecule has 0 spiro atoms. The van der Waals surface area contributed by atoms with Crippen molar-refractivity contribution in [3.63, 3.8) is 0 Å². The molecule has 0 aromatic carbocycles. The standard InChI is InChI=1S/C8H18O2/c1-5(7(3)9)6(2)8(4)10/h5-10H,1-4H3/t5-,6+,7+,8?/m1/s1.